The van der Waals surface area contributed by atoms with Crippen molar-refractivity contribution < 1.29 is 26.5 Å². The van der Waals surface area contributed by atoms with Gasteiger partial charge in [-0.1, -0.05) is 24.3 Å². The first kappa shape index (κ1) is 37.2. The molecule has 8 rings (SSSR count). The highest BCUT2D eigenvalue weighted by Gasteiger charge is 2.20. The highest BCUT2D eigenvalue weighted by molar-refractivity contribution is 7.86. The maximum absolute atomic E-state index is 13.8. The lowest BCUT2D eigenvalue weighted by molar-refractivity contribution is 0.475. The van der Waals surface area contributed by atoms with Crippen molar-refractivity contribution in [3.8, 4) is 34.3 Å². The number of pyridine rings is 2. The molecule has 0 aliphatic heterocycles. The number of nitrogen functional groups attached to an aromatic ring is 2. The number of aromatic nitrogens is 10. The largest absolute Gasteiger partial charge is 0.508 e. The van der Waals surface area contributed by atoms with Gasteiger partial charge in [0.1, 0.15) is 46.4 Å². The van der Waals surface area contributed by atoms with E-state index < -0.39 is 21.8 Å². The van der Waals surface area contributed by atoms with Crippen LogP contribution in [0.3, 0.4) is 0 Å². The molecule has 0 fully saturated rings. The number of imidazole rings is 2. The minimum absolute atomic E-state index is 0.182. The van der Waals surface area contributed by atoms with Gasteiger partial charge in [-0.2, -0.15) is 8.42 Å². The second kappa shape index (κ2) is 14.9. The predicted molar refractivity (Wildman–Crippen MR) is 204 cm³/mol. The summed E-state index contributed by atoms with van der Waals surface area (Å²) in [5.41, 5.74) is 16.7. The van der Waals surface area contributed by atoms with E-state index in [0.717, 1.165) is 29.8 Å². The minimum atomic E-state index is -3.61. The number of halogens is 2. The first-order chi connectivity index (χ1) is 26.7. The third kappa shape index (κ3) is 8.16. The lowest BCUT2D eigenvalue weighted by atomic mass is 10.2. The van der Waals surface area contributed by atoms with Gasteiger partial charge in [0, 0.05) is 23.5 Å². The lowest BCUT2D eigenvalue weighted by Crippen LogP contribution is -2.07. The van der Waals surface area contributed by atoms with Gasteiger partial charge in [0.15, 0.2) is 34.0 Å². The van der Waals surface area contributed by atoms with Crippen LogP contribution < -0.4 is 15.7 Å². The first-order valence-electron chi connectivity index (χ1n) is 16.7. The Morgan fingerprint density at radius 3 is 1.50 bits per heavy atom. The molecule has 0 atom stereocenters. The minimum Gasteiger partial charge on any atom is -0.508 e. The number of anilines is 2. The molecule has 0 aliphatic rings. The number of benzene rings is 2. The molecule has 0 saturated carbocycles. The number of rotatable bonds is 8. The fraction of sp³-hybridized carbons (Fsp3) is 0.135. The summed E-state index contributed by atoms with van der Waals surface area (Å²) < 4.78 is 58.5. The fourth-order valence-corrected chi connectivity index (χ4v) is 6.33. The van der Waals surface area contributed by atoms with E-state index in [2.05, 4.69) is 39.9 Å². The molecular weight excluding hydrogens is 747 g/mol. The van der Waals surface area contributed by atoms with Crippen LogP contribution >= 0.6 is 0 Å². The van der Waals surface area contributed by atoms with Crippen molar-refractivity contribution in [1.82, 2.24) is 49.0 Å². The number of nitrogens with two attached hydrogens (primary N) is 2. The normalized spacial score (nSPS) is 11.4. The van der Waals surface area contributed by atoms with E-state index in [1.807, 2.05) is 4.57 Å². The van der Waals surface area contributed by atoms with Crippen LogP contribution in [0.15, 0.2) is 85.5 Å². The molecule has 5 N–H and O–H groups in total. The van der Waals surface area contributed by atoms with E-state index in [1.165, 1.54) is 24.5 Å². The van der Waals surface area contributed by atoms with Gasteiger partial charge in [-0.3, -0.25) is 9.97 Å². The first-order valence-corrected chi connectivity index (χ1v) is 18.5. The summed E-state index contributed by atoms with van der Waals surface area (Å²) in [6, 6.07) is 16.0. The zero-order valence-electron chi connectivity index (χ0n) is 30.0. The average molecular weight is 779 g/mol. The van der Waals surface area contributed by atoms with Crippen molar-refractivity contribution in [2.45, 2.75) is 26.9 Å². The van der Waals surface area contributed by atoms with Crippen LogP contribution in [0.2, 0.25) is 0 Å². The van der Waals surface area contributed by atoms with Gasteiger partial charge >= 0.3 is 10.1 Å². The molecule has 16 nitrogen and oxygen atoms in total. The number of aromatic hydroxyl groups is 1. The number of aryl methyl sites for hydroxylation is 2. The summed E-state index contributed by atoms with van der Waals surface area (Å²) >= 11 is 0. The SMILES string of the molecule is Cc1nc(N)c2nc(-c3cncc(F)c3)n(Cc3ccc(O)cc3)c2n1.Cc1nc(N)c2nc(-c3cncc(F)c3)n(Cc3ccc(OS(C)(=O)=O)cc3)c2n1. The molecule has 2 aromatic carbocycles. The number of phenols is 1. The predicted octanol–water partition coefficient (Wildman–Crippen LogP) is 4.98. The third-order valence-corrected chi connectivity index (χ3v) is 8.68. The molecule has 0 radical (unpaired) electrons. The molecule has 6 heterocycles. The molecule has 8 aromatic rings. The van der Waals surface area contributed by atoms with Crippen molar-refractivity contribution in [3.63, 3.8) is 0 Å². The van der Waals surface area contributed by atoms with E-state index in [0.29, 0.717) is 69.8 Å². The van der Waals surface area contributed by atoms with Gasteiger partial charge in [0.05, 0.1) is 31.7 Å². The molecule has 56 heavy (non-hydrogen) atoms. The van der Waals surface area contributed by atoms with Crippen molar-refractivity contribution >= 4 is 44.1 Å². The van der Waals surface area contributed by atoms with Crippen LogP contribution in [0.1, 0.15) is 22.8 Å². The Balaban J connectivity index is 0.000000173. The molecule has 0 bridgehead atoms. The van der Waals surface area contributed by atoms with Gasteiger partial charge in [-0.05, 0) is 61.4 Å². The molecule has 284 valence electrons. The number of hydrogen-bond donors (Lipinski definition) is 3. The molecular formula is C37H32F2N12O4S. The smallest absolute Gasteiger partial charge is 0.306 e. The number of hydrogen-bond acceptors (Lipinski definition) is 14. The van der Waals surface area contributed by atoms with Crippen molar-refractivity contribution in [1.29, 1.82) is 0 Å². The fourth-order valence-electron chi connectivity index (χ4n) is 5.87. The summed E-state index contributed by atoms with van der Waals surface area (Å²) in [5.74, 6) is 1.83. The van der Waals surface area contributed by atoms with Crippen molar-refractivity contribution in [2.24, 2.45) is 0 Å². The molecule has 0 saturated heterocycles. The van der Waals surface area contributed by atoms with E-state index in [4.69, 9.17) is 15.7 Å². The highest BCUT2D eigenvalue weighted by atomic mass is 32.2. The Bertz CT molecular complexity index is 2850. The highest BCUT2D eigenvalue weighted by Crippen LogP contribution is 2.29. The summed E-state index contributed by atoms with van der Waals surface area (Å²) in [6.07, 6.45) is 6.25. The molecule has 0 spiro atoms. The van der Waals surface area contributed by atoms with Crippen LogP contribution in [0.4, 0.5) is 20.4 Å². The van der Waals surface area contributed by atoms with Gasteiger partial charge in [0.25, 0.3) is 0 Å². The molecule has 19 heteroatoms. The standard InChI is InChI=1S/C19H17FN6O3S.C18H15FN6O/c1-11-23-17(21)16-19(24-11)26(18(25-16)13-7-14(20)9-22-8-13)10-12-3-5-15(6-4-12)29-30(2,27)28;1-10-22-16(20)15-18(23-10)25(9-11-2-4-14(26)5-3-11)17(24-15)12-6-13(19)8-21-7-12/h3-9H,10H2,1-2H3,(H2,21,23,24);2-8,26H,9H2,1H3,(H2,20,22,23). The third-order valence-electron chi connectivity index (χ3n) is 8.18. The van der Waals surface area contributed by atoms with E-state index in [-0.39, 0.29) is 23.1 Å². The zero-order valence-corrected chi connectivity index (χ0v) is 30.8. The van der Waals surface area contributed by atoms with Gasteiger partial charge in [0.2, 0.25) is 0 Å². The van der Waals surface area contributed by atoms with E-state index in [9.17, 15) is 22.3 Å². The lowest BCUT2D eigenvalue weighted by Gasteiger charge is -2.10. The number of nitrogens with zero attached hydrogens (tertiary/aromatic N) is 10. The summed E-state index contributed by atoms with van der Waals surface area (Å²) in [4.78, 5) is 34.1. The molecule has 0 unspecified atom stereocenters. The van der Waals surface area contributed by atoms with E-state index in [1.54, 1.807) is 66.9 Å². The topological polar surface area (TPSA) is 229 Å². The molecule has 0 aliphatic carbocycles. The Kier molecular flexibility index (Phi) is 9.92. The van der Waals surface area contributed by atoms with Crippen LogP contribution in [-0.2, 0) is 23.2 Å². The quantitative estimate of drug-likeness (QED) is 0.173. The number of fused-ring (bicyclic) bond motifs is 2. The van der Waals surface area contributed by atoms with Crippen LogP contribution in [0.5, 0.6) is 11.5 Å². The van der Waals surface area contributed by atoms with Crippen LogP contribution in [0.25, 0.3) is 45.1 Å². The van der Waals surface area contributed by atoms with Gasteiger partial charge in [-0.25, -0.2) is 38.7 Å². The second-order valence-corrected chi connectivity index (χ2v) is 14.2. The summed E-state index contributed by atoms with van der Waals surface area (Å²) in [6.45, 7) is 4.20. The van der Waals surface area contributed by atoms with Crippen LogP contribution in [0, 0.1) is 25.5 Å². The monoisotopic (exact) mass is 778 g/mol. The zero-order chi connectivity index (χ0) is 39.7. The Labute approximate surface area is 317 Å². The Morgan fingerprint density at radius 2 is 1.09 bits per heavy atom. The van der Waals surface area contributed by atoms with Gasteiger partial charge < -0.3 is 29.9 Å². The summed E-state index contributed by atoms with van der Waals surface area (Å²) in [7, 11) is -3.61. The Hall–Kier alpha value is -7.15. The van der Waals surface area contributed by atoms with Crippen molar-refractivity contribution in [3.05, 3.63) is 120 Å². The molecule has 6 aromatic heterocycles. The maximum atomic E-state index is 13.8. The molecule has 0 amide bonds. The van der Waals surface area contributed by atoms with E-state index >= 15 is 0 Å². The Morgan fingerprint density at radius 1 is 0.661 bits per heavy atom. The summed E-state index contributed by atoms with van der Waals surface area (Å²) in [5, 5.41) is 9.48. The van der Waals surface area contributed by atoms with Crippen LogP contribution in [-0.4, -0.2) is 68.8 Å². The number of phenolic OH excluding ortho intramolecular Hbond substituents is 1. The van der Waals surface area contributed by atoms with Gasteiger partial charge in [-0.15, -0.1) is 0 Å². The maximum Gasteiger partial charge on any atom is 0.306 e. The average Bonchev–Trinajstić information content (AvgIpc) is 3.68. The van der Waals surface area contributed by atoms with Crippen molar-refractivity contribution in [2.75, 3.05) is 17.7 Å². The second-order valence-electron chi connectivity index (χ2n) is 12.6.